The summed E-state index contributed by atoms with van der Waals surface area (Å²) < 4.78 is 5.48. The largest absolute Gasteiger partial charge is 0.459 e. The smallest absolute Gasteiger partial charge is 0.338 e. The van der Waals surface area contributed by atoms with Crippen LogP contribution in [0, 0.1) is 0 Å². The van der Waals surface area contributed by atoms with E-state index in [-0.39, 0.29) is 18.0 Å². The molecule has 1 aromatic carbocycles. The summed E-state index contributed by atoms with van der Waals surface area (Å²) in [5.74, 6) is -0.367. The van der Waals surface area contributed by atoms with Gasteiger partial charge in [0.1, 0.15) is 0 Å². The molecule has 6 nitrogen and oxygen atoms in total. The van der Waals surface area contributed by atoms with Gasteiger partial charge >= 0.3 is 5.97 Å². The number of thiocarbonyl (C=S) groups is 1. The first-order chi connectivity index (χ1) is 13.3. The van der Waals surface area contributed by atoms with Crippen LogP contribution in [-0.2, 0) is 14.3 Å². The van der Waals surface area contributed by atoms with E-state index in [0.717, 1.165) is 23.4 Å². The van der Waals surface area contributed by atoms with Crippen LogP contribution in [0.1, 0.15) is 59.1 Å². The van der Waals surface area contributed by atoms with Crippen LogP contribution in [0.3, 0.4) is 0 Å². The van der Waals surface area contributed by atoms with Crippen LogP contribution in [-0.4, -0.2) is 34.5 Å². The first-order valence-electron chi connectivity index (χ1n) is 9.68. The Balaban J connectivity index is 2.35. The van der Waals surface area contributed by atoms with Crippen molar-refractivity contribution in [3.63, 3.8) is 0 Å². The molecule has 0 saturated heterocycles. The van der Waals surface area contributed by atoms with Gasteiger partial charge < -0.3 is 20.3 Å². The maximum Gasteiger partial charge on any atom is 0.338 e. The van der Waals surface area contributed by atoms with Crippen LogP contribution in [0.2, 0.25) is 0 Å². The number of hydrogen-bond acceptors (Lipinski definition) is 4. The summed E-state index contributed by atoms with van der Waals surface area (Å²) in [6.07, 6.45) is 1.07. The van der Waals surface area contributed by atoms with Gasteiger partial charge in [0.05, 0.1) is 17.7 Å². The van der Waals surface area contributed by atoms with Crippen molar-refractivity contribution in [1.82, 2.24) is 10.2 Å². The lowest BCUT2D eigenvalue weighted by atomic mass is 9.94. The van der Waals surface area contributed by atoms with E-state index in [1.54, 1.807) is 0 Å². The van der Waals surface area contributed by atoms with Crippen LogP contribution >= 0.6 is 12.2 Å². The molecule has 1 amide bonds. The topological polar surface area (TPSA) is 70.7 Å². The lowest BCUT2D eigenvalue weighted by Gasteiger charge is -2.37. The number of carbonyl (C=O) groups excluding carboxylic acids is 2. The molecule has 7 heteroatoms. The van der Waals surface area contributed by atoms with E-state index in [4.69, 9.17) is 17.0 Å². The molecule has 2 rings (SSSR count). The number of benzene rings is 1. The molecule has 0 bridgehead atoms. The fraction of sp³-hybridized carbons (Fsp3) is 0.476. The SMILES string of the molecule is CCCC(=O)Nc1ccc([C@H]2NC(=S)N(CC)C(C)=C2C(=O)OC(C)C)cc1. The number of anilines is 1. The predicted octanol–water partition coefficient (Wildman–Crippen LogP) is 3.90. The van der Waals surface area contributed by atoms with Gasteiger partial charge in [-0.3, -0.25) is 4.79 Å². The summed E-state index contributed by atoms with van der Waals surface area (Å²) in [5.41, 5.74) is 2.94. The molecule has 0 unspecified atom stereocenters. The lowest BCUT2D eigenvalue weighted by molar-refractivity contribution is -0.143. The number of esters is 1. The van der Waals surface area contributed by atoms with E-state index in [2.05, 4.69) is 10.6 Å². The molecule has 0 radical (unpaired) electrons. The minimum absolute atomic E-state index is 0.0113. The van der Waals surface area contributed by atoms with Crippen LogP contribution in [0.25, 0.3) is 0 Å². The number of nitrogens with one attached hydrogen (secondary N) is 2. The Morgan fingerprint density at radius 2 is 1.89 bits per heavy atom. The van der Waals surface area contributed by atoms with Gasteiger partial charge in [0.2, 0.25) is 5.91 Å². The highest BCUT2D eigenvalue weighted by Crippen LogP contribution is 2.32. The minimum atomic E-state index is -0.401. The highest BCUT2D eigenvalue weighted by atomic mass is 32.1. The van der Waals surface area contributed by atoms with Crippen molar-refractivity contribution in [2.75, 3.05) is 11.9 Å². The number of carbonyl (C=O) groups is 2. The van der Waals surface area contributed by atoms with E-state index >= 15 is 0 Å². The average Bonchev–Trinajstić information content (AvgIpc) is 2.61. The van der Waals surface area contributed by atoms with Crippen molar-refractivity contribution in [2.24, 2.45) is 0 Å². The Morgan fingerprint density at radius 3 is 2.43 bits per heavy atom. The molecule has 1 aromatic rings. The Bertz CT molecular complexity index is 772. The van der Waals surface area contributed by atoms with Gasteiger partial charge in [-0.25, -0.2) is 4.79 Å². The Labute approximate surface area is 172 Å². The highest BCUT2D eigenvalue weighted by molar-refractivity contribution is 7.80. The molecule has 0 aliphatic carbocycles. The number of rotatable bonds is 7. The average molecular weight is 404 g/mol. The molecule has 0 spiro atoms. The second-order valence-corrected chi connectivity index (χ2v) is 7.39. The van der Waals surface area contributed by atoms with E-state index in [9.17, 15) is 9.59 Å². The summed E-state index contributed by atoms with van der Waals surface area (Å²) in [7, 11) is 0. The van der Waals surface area contributed by atoms with E-state index in [1.807, 2.05) is 63.8 Å². The van der Waals surface area contributed by atoms with Gasteiger partial charge in [-0.2, -0.15) is 0 Å². The zero-order chi connectivity index (χ0) is 20.8. The summed E-state index contributed by atoms with van der Waals surface area (Å²) in [5, 5.41) is 6.71. The number of allylic oxidation sites excluding steroid dienone is 1. The monoisotopic (exact) mass is 403 g/mol. The van der Waals surface area contributed by atoms with Gasteiger partial charge in [0, 0.05) is 24.4 Å². The maximum atomic E-state index is 12.8. The lowest BCUT2D eigenvalue weighted by Crippen LogP contribution is -2.47. The summed E-state index contributed by atoms with van der Waals surface area (Å²) in [4.78, 5) is 26.5. The van der Waals surface area contributed by atoms with Crippen molar-refractivity contribution >= 4 is 34.9 Å². The van der Waals surface area contributed by atoms with Crippen molar-refractivity contribution in [2.45, 2.75) is 59.6 Å². The molecular weight excluding hydrogens is 374 g/mol. The maximum absolute atomic E-state index is 12.8. The predicted molar refractivity (Wildman–Crippen MR) is 115 cm³/mol. The van der Waals surface area contributed by atoms with Crippen molar-refractivity contribution < 1.29 is 14.3 Å². The first-order valence-corrected chi connectivity index (χ1v) is 10.1. The minimum Gasteiger partial charge on any atom is -0.459 e. The Kier molecular flexibility index (Phi) is 7.57. The fourth-order valence-corrected chi connectivity index (χ4v) is 3.55. The molecule has 1 aliphatic heterocycles. The standard InChI is InChI=1S/C21H29N3O3S/c1-6-8-17(25)22-16-11-9-15(10-12-16)19-18(20(26)27-13(3)4)14(5)24(7-2)21(28)23-19/h9-13,19H,6-8H2,1-5H3,(H,22,25)(H,23,28)/t19-/m1/s1. The summed E-state index contributed by atoms with van der Waals surface area (Å²) in [6.45, 7) is 10.2. The Hall–Kier alpha value is -2.41. The quantitative estimate of drug-likeness (QED) is 0.531. The molecule has 2 N–H and O–H groups in total. The van der Waals surface area contributed by atoms with Gasteiger partial charge in [-0.1, -0.05) is 19.1 Å². The molecule has 1 atom stereocenters. The molecule has 152 valence electrons. The molecule has 0 saturated carbocycles. The summed E-state index contributed by atoms with van der Waals surface area (Å²) >= 11 is 5.49. The van der Waals surface area contributed by atoms with Gasteiger partial charge in [-0.15, -0.1) is 0 Å². The summed E-state index contributed by atoms with van der Waals surface area (Å²) in [6, 6.07) is 7.04. The molecule has 1 aliphatic rings. The van der Waals surface area contributed by atoms with E-state index < -0.39 is 6.04 Å². The highest BCUT2D eigenvalue weighted by Gasteiger charge is 2.34. The van der Waals surface area contributed by atoms with Gasteiger partial charge in [0.25, 0.3) is 0 Å². The zero-order valence-corrected chi connectivity index (χ0v) is 18.0. The third-order valence-corrected chi connectivity index (χ3v) is 4.82. The molecular formula is C21H29N3O3S. The van der Waals surface area contributed by atoms with Gasteiger partial charge in [-0.05, 0) is 64.0 Å². The zero-order valence-electron chi connectivity index (χ0n) is 17.2. The second kappa shape index (κ2) is 9.68. The molecule has 28 heavy (non-hydrogen) atoms. The molecule has 1 heterocycles. The third kappa shape index (κ3) is 5.10. The van der Waals surface area contributed by atoms with Crippen LogP contribution < -0.4 is 10.6 Å². The van der Waals surface area contributed by atoms with E-state index in [1.165, 1.54) is 0 Å². The van der Waals surface area contributed by atoms with Crippen LogP contribution in [0.4, 0.5) is 5.69 Å². The van der Waals surface area contributed by atoms with Crippen molar-refractivity contribution in [1.29, 1.82) is 0 Å². The Morgan fingerprint density at radius 1 is 1.25 bits per heavy atom. The fourth-order valence-electron chi connectivity index (χ4n) is 3.16. The number of amides is 1. The van der Waals surface area contributed by atoms with Gasteiger partial charge in [0.15, 0.2) is 5.11 Å². The number of hydrogen-bond donors (Lipinski definition) is 2. The normalized spacial score (nSPS) is 16.9. The first kappa shape index (κ1) is 21.9. The molecule has 0 aromatic heterocycles. The van der Waals surface area contributed by atoms with Crippen LogP contribution in [0.15, 0.2) is 35.5 Å². The van der Waals surface area contributed by atoms with Crippen LogP contribution in [0.5, 0.6) is 0 Å². The molecule has 0 fully saturated rings. The van der Waals surface area contributed by atoms with Crippen molar-refractivity contribution in [3.05, 3.63) is 41.1 Å². The number of ether oxygens (including phenoxy) is 1. The second-order valence-electron chi connectivity index (χ2n) is 7.00. The van der Waals surface area contributed by atoms with E-state index in [0.29, 0.717) is 23.7 Å². The number of nitrogens with zero attached hydrogens (tertiary/aromatic N) is 1. The third-order valence-electron chi connectivity index (χ3n) is 4.48. The van der Waals surface area contributed by atoms with Crippen molar-refractivity contribution in [3.8, 4) is 0 Å².